The van der Waals surface area contributed by atoms with Gasteiger partial charge in [0, 0.05) is 18.7 Å². The molecule has 0 aromatic carbocycles. The zero-order valence-electron chi connectivity index (χ0n) is 10.6. The summed E-state index contributed by atoms with van der Waals surface area (Å²) < 4.78 is 5.70. The first-order chi connectivity index (χ1) is 8.09. The van der Waals surface area contributed by atoms with Crippen molar-refractivity contribution in [3.05, 3.63) is 12.4 Å². The van der Waals surface area contributed by atoms with Gasteiger partial charge in [0.1, 0.15) is 17.2 Å². The highest BCUT2D eigenvalue weighted by Crippen LogP contribution is 2.26. The summed E-state index contributed by atoms with van der Waals surface area (Å²) >= 11 is 1.63. The van der Waals surface area contributed by atoms with Gasteiger partial charge < -0.3 is 10.1 Å². The van der Waals surface area contributed by atoms with Gasteiger partial charge in [-0.2, -0.15) is 0 Å². The van der Waals surface area contributed by atoms with E-state index in [0.717, 1.165) is 30.3 Å². The molecule has 4 nitrogen and oxygen atoms in total. The Bertz CT molecular complexity index is 384. The molecule has 17 heavy (non-hydrogen) atoms. The van der Waals surface area contributed by atoms with Crippen molar-refractivity contribution in [2.45, 2.75) is 43.4 Å². The van der Waals surface area contributed by atoms with E-state index in [1.54, 1.807) is 18.1 Å². The second-order valence-corrected chi connectivity index (χ2v) is 5.71. The minimum absolute atomic E-state index is 0.0364. The predicted molar refractivity (Wildman–Crippen MR) is 70.5 cm³/mol. The van der Waals surface area contributed by atoms with Crippen molar-refractivity contribution in [1.82, 2.24) is 9.97 Å². The highest BCUT2D eigenvalue weighted by Gasteiger charge is 2.28. The molecule has 94 valence electrons. The third kappa shape index (κ3) is 3.57. The Morgan fingerprint density at radius 1 is 1.47 bits per heavy atom. The Morgan fingerprint density at radius 3 is 3.00 bits per heavy atom. The molecule has 1 aliphatic rings. The van der Waals surface area contributed by atoms with Gasteiger partial charge in [-0.15, -0.1) is 11.8 Å². The van der Waals surface area contributed by atoms with Gasteiger partial charge >= 0.3 is 0 Å². The van der Waals surface area contributed by atoms with Crippen molar-refractivity contribution < 1.29 is 4.74 Å². The van der Waals surface area contributed by atoms with E-state index in [2.05, 4.69) is 29.1 Å². The molecule has 1 aromatic heterocycles. The van der Waals surface area contributed by atoms with Crippen molar-refractivity contribution in [1.29, 1.82) is 0 Å². The van der Waals surface area contributed by atoms with Gasteiger partial charge in [0.05, 0.1) is 5.60 Å². The molecule has 0 saturated carbocycles. The third-order valence-corrected chi connectivity index (χ3v) is 3.54. The van der Waals surface area contributed by atoms with Crippen LogP contribution in [0.2, 0.25) is 0 Å². The topological polar surface area (TPSA) is 47.0 Å². The number of nitrogens with zero attached hydrogens (tertiary/aromatic N) is 2. The molecule has 1 unspecified atom stereocenters. The Hall–Kier alpha value is -0.810. The van der Waals surface area contributed by atoms with Gasteiger partial charge in [-0.1, -0.05) is 0 Å². The van der Waals surface area contributed by atoms with Crippen LogP contribution in [-0.4, -0.2) is 34.5 Å². The summed E-state index contributed by atoms with van der Waals surface area (Å²) in [5, 5.41) is 4.46. The molecular weight excluding hydrogens is 234 g/mol. The Labute approximate surface area is 107 Å². The van der Waals surface area contributed by atoms with Crippen LogP contribution in [0.3, 0.4) is 0 Å². The van der Waals surface area contributed by atoms with Crippen molar-refractivity contribution in [3.8, 4) is 0 Å². The van der Waals surface area contributed by atoms with Crippen LogP contribution in [0.25, 0.3) is 0 Å². The van der Waals surface area contributed by atoms with Crippen LogP contribution in [-0.2, 0) is 4.74 Å². The smallest absolute Gasteiger partial charge is 0.130 e. The van der Waals surface area contributed by atoms with Crippen LogP contribution in [0.1, 0.15) is 26.7 Å². The monoisotopic (exact) mass is 253 g/mol. The summed E-state index contributed by atoms with van der Waals surface area (Å²) in [5.74, 6) is 0.909. The lowest BCUT2D eigenvalue weighted by molar-refractivity contribution is -0.0553. The van der Waals surface area contributed by atoms with Gasteiger partial charge in [-0.25, -0.2) is 9.97 Å². The van der Waals surface area contributed by atoms with Gasteiger partial charge in [-0.3, -0.25) is 0 Å². The van der Waals surface area contributed by atoms with E-state index >= 15 is 0 Å². The lowest BCUT2D eigenvalue weighted by Gasteiger charge is -2.36. The quantitative estimate of drug-likeness (QED) is 0.662. The number of anilines is 1. The number of thioether (sulfide) groups is 1. The van der Waals surface area contributed by atoms with Gasteiger partial charge in [-0.05, 0) is 32.9 Å². The van der Waals surface area contributed by atoms with Crippen molar-refractivity contribution in [3.63, 3.8) is 0 Å². The normalized spacial score (nSPS) is 23.4. The van der Waals surface area contributed by atoms with E-state index < -0.39 is 0 Å². The van der Waals surface area contributed by atoms with Gasteiger partial charge in [0.15, 0.2) is 0 Å². The molecule has 1 atom stereocenters. The van der Waals surface area contributed by atoms with Crippen LogP contribution in [0.15, 0.2) is 17.4 Å². The minimum atomic E-state index is -0.0364. The third-order valence-electron chi connectivity index (χ3n) is 2.90. The predicted octanol–water partition coefficient (Wildman–Crippen LogP) is 2.57. The molecule has 5 heteroatoms. The fourth-order valence-corrected chi connectivity index (χ4v) is 2.48. The summed E-state index contributed by atoms with van der Waals surface area (Å²) in [7, 11) is 0. The summed E-state index contributed by atoms with van der Waals surface area (Å²) in [6.07, 6.45) is 5.66. The fourth-order valence-electron chi connectivity index (χ4n) is 2.09. The zero-order valence-corrected chi connectivity index (χ0v) is 11.4. The SMILES string of the molecule is CSc1cc(NC2CCOC(C)(C)C2)ncn1. The number of hydrogen-bond acceptors (Lipinski definition) is 5. The van der Waals surface area contributed by atoms with Crippen LogP contribution >= 0.6 is 11.8 Å². The molecule has 0 radical (unpaired) electrons. The van der Waals surface area contributed by atoms with Crippen LogP contribution in [0.5, 0.6) is 0 Å². The lowest BCUT2D eigenvalue weighted by atomic mass is 9.94. The summed E-state index contributed by atoms with van der Waals surface area (Å²) in [5.41, 5.74) is -0.0364. The Kier molecular flexibility index (Phi) is 3.89. The zero-order chi connectivity index (χ0) is 12.3. The Morgan fingerprint density at radius 2 is 2.29 bits per heavy atom. The van der Waals surface area contributed by atoms with E-state index in [0.29, 0.717) is 6.04 Å². The Balaban J connectivity index is 2.00. The van der Waals surface area contributed by atoms with E-state index in [4.69, 9.17) is 4.74 Å². The number of rotatable bonds is 3. The molecule has 1 aliphatic heterocycles. The molecule has 1 N–H and O–H groups in total. The highest BCUT2D eigenvalue weighted by molar-refractivity contribution is 7.98. The van der Waals surface area contributed by atoms with Crippen LogP contribution in [0.4, 0.5) is 5.82 Å². The maximum Gasteiger partial charge on any atom is 0.130 e. The van der Waals surface area contributed by atoms with E-state index in [9.17, 15) is 0 Å². The first kappa shape index (κ1) is 12.6. The molecule has 2 rings (SSSR count). The summed E-state index contributed by atoms with van der Waals surface area (Å²) in [6.45, 7) is 5.08. The number of hydrogen-bond donors (Lipinski definition) is 1. The highest BCUT2D eigenvalue weighted by atomic mass is 32.2. The van der Waals surface area contributed by atoms with E-state index in [1.165, 1.54) is 0 Å². The molecule has 0 spiro atoms. The average Bonchev–Trinajstić information content (AvgIpc) is 2.28. The largest absolute Gasteiger partial charge is 0.375 e. The first-order valence-electron chi connectivity index (χ1n) is 5.85. The maximum absolute atomic E-state index is 5.70. The summed E-state index contributed by atoms with van der Waals surface area (Å²) in [4.78, 5) is 8.42. The fraction of sp³-hybridized carbons (Fsp3) is 0.667. The minimum Gasteiger partial charge on any atom is -0.375 e. The molecular formula is C12H19N3OS. The lowest BCUT2D eigenvalue weighted by Crippen LogP contribution is -2.40. The number of ether oxygens (including phenoxy) is 1. The molecule has 1 fully saturated rings. The average molecular weight is 253 g/mol. The molecule has 2 heterocycles. The van der Waals surface area contributed by atoms with Crippen LogP contribution in [0, 0.1) is 0 Å². The second kappa shape index (κ2) is 5.23. The molecule has 0 amide bonds. The van der Waals surface area contributed by atoms with Crippen molar-refractivity contribution in [2.75, 3.05) is 18.2 Å². The van der Waals surface area contributed by atoms with E-state index in [-0.39, 0.29) is 5.60 Å². The number of aromatic nitrogens is 2. The standard InChI is InChI=1S/C12H19N3OS/c1-12(2)7-9(4-5-16-12)15-10-6-11(17-3)14-8-13-10/h6,8-9H,4-5,7H2,1-3H3,(H,13,14,15). The summed E-state index contributed by atoms with van der Waals surface area (Å²) in [6, 6.07) is 2.43. The van der Waals surface area contributed by atoms with Crippen LogP contribution < -0.4 is 5.32 Å². The molecule has 1 saturated heterocycles. The second-order valence-electron chi connectivity index (χ2n) is 4.89. The number of nitrogens with one attached hydrogen (secondary N) is 1. The van der Waals surface area contributed by atoms with Crippen molar-refractivity contribution in [2.24, 2.45) is 0 Å². The molecule has 0 aliphatic carbocycles. The van der Waals surface area contributed by atoms with E-state index in [1.807, 2.05) is 12.3 Å². The first-order valence-corrected chi connectivity index (χ1v) is 7.08. The van der Waals surface area contributed by atoms with Gasteiger partial charge in [0.2, 0.25) is 0 Å². The molecule has 0 bridgehead atoms. The molecule has 1 aromatic rings. The maximum atomic E-state index is 5.70. The van der Waals surface area contributed by atoms with Crippen molar-refractivity contribution >= 4 is 17.6 Å². The van der Waals surface area contributed by atoms with Gasteiger partial charge in [0.25, 0.3) is 0 Å².